The Labute approximate surface area is 120 Å². The van der Waals surface area contributed by atoms with Gasteiger partial charge in [0.1, 0.15) is 0 Å². The molecule has 18 heavy (non-hydrogen) atoms. The molecule has 0 amide bonds. The van der Waals surface area contributed by atoms with Crippen molar-refractivity contribution in [2.24, 2.45) is 5.92 Å². The fourth-order valence-corrected chi connectivity index (χ4v) is 1.87. The fourth-order valence-electron chi connectivity index (χ4n) is 1.48. The van der Waals surface area contributed by atoms with Gasteiger partial charge in [-0.05, 0) is 47.2 Å². The molecule has 2 aromatic rings. The van der Waals surface area contributed by atoms with Gasteiger partial charge in [0.25, 0.3) is 0 Å². The molecule has 2 aromatic heterocycles. The van der Waals surface area contributed by atoms with Gasteiger partial charge in [-0.3, -0.25) is 0 Å². The Kier molecular flexibility index (Phi) is 4.65. The Hall–Kier alpha value is -1.02. The van der Waals surface area contributed by atoms with Gasteiger partial charge in [-0.15, -0.1) is 5.10 Å². The first-order chi connectivity index (χ1) is 8.65. The summed E-state index contributed by atoms with van der Waals surface area (Å²) in [6, 6.07) is 3.91. The summed E-state index contributed by atoms with van der Waals surface area (Å²) in [4.78, 5) is 0. The highest BCUT2D eigenvalue weighted by Crippen LogP contribution is 2.07. The van der Waals surface area contributed by atoms with E-state index >= 15 is 0 Å². The van der Waals surface area contributed by atoms with Crippen LogP contribution in [0.25, 0.3) is 5.82 Å². The normalized spacial score (nSPS) is 11.1. The van der Waals surface area contributed by atoms with Crippen LogP contribution in [-0.4, -0.2) is 26.5 Å². The first-order valence-corrected chi connectivity index (χ1v) is 6.97. The lowest BCUT2D eigenvalue weighted by molar-refractivity contribution is 0.545. The molecule has 0 aliphatic heterocycles. The van der Waals surface area contributed by atoms with Gasteiger partial charge in [-0.2, -0.15) is 10.2 Å². The summed E-state index contributed by atoms with van der Waals surface area (Å²) < 4.78 is 2.80. The molecular weight excluding hydrogens is 341 g/mol. The maximum atomic E-state index is 4.19. The van der Waals surface area contributed by atoms with E-state index in [1.165, 1.54) is 0 Å². The number of halogens is 1. The summed E-state index contributed by atoms with van der Waals surface area (Å²) in [7, 11) is 0. The van der Waals surface area contributed by atoms with Crippen LogP contribution in [-0.2, 0) is 6.54 Å². The van der Waals surface area contributed by atoms with Gasteiger partial charge in [0.05, 0.1) is 15.5 Å². The quantitative estimate of drug-likeness (QED) is 0.832. The summed E-state index contributed by atoms with van der Waals surface area (Å²) in [5.41, 5.74) is 0.946. The van der Waals surface area contributed by atoms with Gasteiger partial charge >= 0.3 is 0 Å². The molecule has 0 radical (unpaired) electrons. The van der Waals surface area contributed by atoms with Crippen molar-refractivity contribution in [3.63, 3.8) is 0 Å². The maximum Gasteiger partial charge on any atom is 0.175 e. The van der Waals surface area contributed by atoms with Crippen molar-refractivity contribution in [2.45, 2.75) is 20.4 Å². The molecule has 0 aliphatic rings. The predicted octanol–water partition coefficient (Wildman–Crippen LogP) is 2.01. The standard InChI is InChI=1S/C12H16IN5/c1-9(2)5-14-7-11-3-4-12(17-16-11)18-8-10(13)6-15-18/h3-4,6,8-9,14H,5,7H2,1-2H3. The molecule has 0 atom stereocenters. The summed E-state index contributed by atoms with van der Waals surface area (Å²) in [5, 5.41) is 15.9. The van der Waals surface area contributed by atoms with E-state index in [1.54, 1.807) is 10.9 Å². The van der Waals surface area contributed by atoms with Crippen molar-refractivity contribution in [2.75, 3.05) is 6.54 Å². The van der Waals surface area contributed by atoms with Gasteiger partial charge in [-0.25, -0.2) is 4.68 Å². The minimum Gasteiger partial charge on any atom is -0.311 e. The number of hydrogen-bond donors (Lipinski definition) is 1. The van der Waals surface area contributed by atoms with Crippen LogP contribution in [0.2, 0.25) is 0 Å². The zero-order valence-electron chi connectivity index (χ0n) is 10.5. The van der Waals surface area contributed by atoms with Gasteiger partial charge in [-0.1, -0.05) is 13.8 Å². The van der Waals surface area contributed by atoms with Crippen molar-refractivity contribution in [1.29, 1.82) is 0 Å². The number of nitrogens with zero attached hydrogens (tertiary/aromatic N) is 4. The first-order valence-electron chi connectivity index (χ1n) is 5.89. The van der Waals surface area contributed by atoms with Crippen molar-refractivity contribution in [1.82, 2.24) is 25.3 Å². The second-order valence-corrected chi connectivity index (χ2v) is 5.76. The lowest BCUT2D eigenvalue weighted by Crippen LogP contribution is -2.20. The average Bonchev–Trinajstić information content (AvgIpc) is 2.76. The molecular formula is C12H16IN5. The van der Waals surface area contributed by atoms with E-state index in [2.05, 4.69) is 57.1 Å². The van der Waals surface area contributed by atoms with Gasteiger partial charge in [0, 0.05) is 12.7 Å². The molecule has 0 aromatic carbocycles. The van der Waals surface area contributed by atoms with Gasteiger partial charge in [0.15, 0.2) is 5.82 Å². The van der Waals surface area contributed by atoms with Crippen LogP contribution in [0, 0.1) is 9.49 Å². The monoisotopic (exact) mass is 357 g/mol. The summed E-state index contributed by atoms with van der Waals surface area (Å²) in [6.45, 7) is 6.10. The van der Waals surface area contributed by atoms with Crippen molar-refractivity contribution >= 4 is 22.6 Å². The average molecular weight is 357 g/mol. The highest BCUT2D eigenvalue weighted by molar-refractivity contribution is 14.1. The maximum absolute atomic E-state index is 4.19. The number of aromatic nitrogens is 4. The zero-order chi connectivity index (χ0) is 13.0. The molecule has 96 valence electrons. The SMILES string of the molecule is CC(C)CNCc1ccc(-n2cc(I)cn2)nn1. The van der Waals surface area contributed by atoms with Crippen molar-refractivity contribution in [3.8, 4) is 5.82 Å². The van der Waals surface area contributed by atoms with Crippen LogP contribution in [0.15, 0.2) is 24.5 Å². The van der Waals surface area contributed by atoms with Crippen molar-refractivity contribution in [3.05, 3.63) is 33.8 Å². The fraction of sp³-hybridized carbons (Fsp3) is 0.417. The molecule has 0 spiro atoms. The number of hydrogen-bond acceptors (Lipinski definition) is 4. The smallest absolute Gasteiger partial charge is 0.175 e. The Morgan fingerprint density at radius 1 is 1.33 bits per heavy atom. The molecule has 0 aliphatic carbocycles. The van der Waals surface area contributed by atoms with Gasteiger partial charge in [0.2, 0.25) is 0 Å². The second-order valence-electron chi connectivity index (χ2n) is 4.51. The van der Waals surface area contributed by atoms with E-state index in [-0.39, 0.29) is 0 Å². The Bertz CT molecular complexity index is 491. The van der Waals surface area contributed by atoms with Gasteiger partial charge < -0.3 is 5.32 Å². The molecule has 0 bridgehead atoms. The van der Waals surface area contributed by atoms with Crippen LogP contribution in [0.3, 0.4) is 0 Å². The highest BCUT2D eigenvalue weighted by Gasteiger charge is 2.02. The number of nitrogens with one attached hydrogen (secondary N) is 1. The van der Waals surface area contributed by atoms with Crippen molar-refractivity contribution < 1.29 is 0 Å². The molecule has 1 N–H and O–H groups in total. The topological polar surface area (TPSA) is 55.6 Å². The summed E-state index contributed by atoms with van der Waals surface area (Å²) >= 11 is 2.22. The third kappa shape index (κ3) is 3.74. The van der Waals surface area contributed by atoms with Crippen LogP contribution in [0.4, 0.5) is 0 Å². The van der Waals surface area contributed by atoms with E-state index in [0.717, 1.165) is 28.2 Å². The molecule has 0 saturated heterocycles. The van der Waals surface area contributed by atoms with Crippen LogP contribution in [0.1, 0.15) is 19.5 Å². The predicted molar refractivity (Wildman–Crippen MR) is 78.4 cm³/mol. The third-order valence-corrected chi connectivity index (χ3v) is 2.91. The summed E-state index contributed by atoms with van der Waals surface area (Å²) in [5.74, 6) is 1.38. The molecule has 2 rings (SSSR count). The Morgan fingerprint density at radius 3 is 2.72 bits per heavy atom. The molecule has 0 unspecified atom stereocenters. The van der Waals surface area contributed by atoms with E-state index in [1.807, 2.05) is 18.3 Å². The highest BCUT2D eigenvalue weighted by atomic mass is 127. The molecule has 2 heterocycles. The van der Waals surface area contributed by atoms with E-state index in [0.29, 0.717) is 5.92 Å². The zero-order valence-corrected chi connectivity index (χ0v) is 12.6. The summed E-state index contributed by atoms with van der Waals surface area (Å²) in [6.07, 6.45) is 3.71. The molecule has 0 fully saturated rings. The first kappa shape index (κ1) is 13.4. The Balaban J connectivity index is 1.97. The minimum absolute atomic E-state index is 0.642. The van der Waals surface area contributed by atoms with Crippen LogP contribution >= 0.6 is 22.6 Å². The molecule has 5 nitrogen and oxygen atoms in total. The van der Waals surface area contributed by atoms with E-state index < -0.39 is 0 Å². The molecule has 0 saturated carbocycles. The molecule has 6 heteroatoms. The van der Waals surface area contributed by atoms with E-state index in [4.69, 9.17) is 0 Å². The second kappa shape index (κ2) is 6.24. The minimum atomic E-state index is 0.642. The van der Waals surface area contributed by atoms with E-state index in [9.17, 15) is 0 Å². The van der Waals surface area contributed by atoms with Crippen LogP contribution < -0.4 is 5.32 Å². The Morgan fingerprint density at radius 2 is 2.17 bits per heavy atom. The lowest BCUT2D eigenvalue weighted by Gasteiger charge is -2.06. The lowest BCUT2D eigenvalue weighted by atomic mass is 10.2. The number of rotatable bonds is 5. The van der Waals surface area contributed by atoms with Crippen LogP contribution in [0.5, 0.6) is 0 Å². The third-order valence-electron chi connectivity index (χ3n) is 2.35. The largest absolute Gasteiger partial charge is 0.311 e.